The Balaban J connectivity index is 1.75. The highest BCUT2D eigenvalue weighted by Crippen LogP contribution is 2.33. The van der Waals surface area contributed by atoms with E-state index in [9.17, 15) is 22.8 Å². The second-order valence-corrected chi connectivity index (χ2v) is 5.82. The molecule has 2 amide bonds. The summed E-state index contributed by atoms with van der Waals surface area (Å²) in [5.74, 6) is -1.53. The van der Waals surface area contributed by atoms with E-state index in [1.807, 2.05) is 0 Å². The molecule has 0 aliphatic carbocycles. The van der Waals surface area contributed by atoms with Crippen LogP contribution in [-0.4, -0.2) is 49.6 Å². The first-order valence-corrected chi connectivity index (χ1v) is 7.73. The lowest BCUT2D eigenvalue weighted by Gasteiger charge is -2.28. The number of halogens is 3. The third-order valence-corrected chi connectivity index (χ3v) is 4.31. The largest absolute Gasteiger partial charge is 0.416 e. The Labute approximate surface area is 137 Å². The number of ether oxygens (including phenoxy) is 1. The molecule has 0 radical (unpaired) electrons. The maximum absolute atomic E-state index is 12.8. The molecule has 0 bridgehead atoms. The van der Waals surface area contributed by atoms with Gasteiger partial charge in [-0.15, -0.1) is 0 Å². The fourth-order valence-corrected chi connectivity index (χ4v) is 3.02. The molecule has 1 aromatic carbocycles. The van der Waals surface area contributed by atoms with Gasteiger partial charge in [0.25, 0.3) is 0 Å². The molecule has 0 saturated carbocycles. The van der Waals surface area contributed by atoms with Gasteiger partial charge in [-0.1, -0.05) is 6.07 Å². The van der Waals surface area contributed by atoms with Crippen LogP contribution in [0.3, 0.4) is 0 Å². The van der Waals surface area contributed by atoms with Crippen molar-refractivity contribution in [3.05, 3.63) is 29.8 Å². The molecule has 2 aliphatic rings. The van der Waals surface area contributed by atoms with Gasteiger partial charge in [0.2, 0.25) is 11.8 Å². The number of hydrogen-bond donors (Lipinski definition) is 0. The van der Waals surface area contributed by atoms with Crippen molar-refractivity contribution >= 4 is 17.5 Å². The summed E-state index contributed by atoms with van der Waals surface area (Å²) in [5.41, 5.74) is -0.636. The molecule has 0 N–H and O–H groups in total. The number of rotatable bonds is 2. The minimum atomic E-state index is -4.47. The van der Waals surface area contributed by atoms with E-state index in [1.54, 1.807) is 4.90 Å². The van der Waals surface area contributed by atoms with Crippen LogP contribution in [0.15, 0.2) is 24.3 Å². The second kappa shape index (κ2) is 6.43. The Morgan fingerprint density at radius 2 is 1.88 bits per heavy atom. The zero-order valence-electron chi connectivity index (χ0n) is 12.9. The van der Waals surface area contributed by atoms with Crippen molar-refractivity contribution in [3.63, 3.8) is 0 Å². The normalized spacial score (nSPS) is 22.1. The molecular formula is C16H17F3N2O3. The molecule has 0 aromatic heterocycles. The van der Waals surface area contributed by atoms with Crippen molar-refractivity contribution < 1.29 is 27.5 Å². The van der Waals surface area contributed by atoms with Gasteiger partial charge in [0, 0.05) is 25.3 Å². The first-order chi connectivity index (χ1) is 11.4. The lowest BCUT2D eigenvalue weighted by atomic mass is 10.1. The van der Waals surface area contributed by atoms with Crippen LogP contribution in [0.2, 0.25) is 0 Å². The topological polar surface area (TPSA) is 49.9 Å². The molecule has 2 fully saturated rings. The van der Waals surface area contributed by atoms with E-state index in [-0.39, 0.29) is 18.1 Å². The Morgan fingerprint density at radius 1 is 1.17 bits per heavy atom. The molecule has 5 nitrogen and oxygen atoms in total. The molecule has 8 heteroatoms. The summed E-state index contributed by atoms with van der Waals surface area (Å²) in [6.45, 7) is 1.98. The lowest BCUT2D eigenvalue weighted by Crippen LogP contribution is -2.45. The molecule has 0 spiro atoms. The zero-order chi connectivity index (χ0) is 17.3. The average molecular weight is 342 g/mol. The van der Waals surface area contributed by atoms with Crippen LogP contribution in [0.1, 0.15) is 12.0 Å². The van der Waals surface area contributed by atoms with Crippen LogP contribution < -0.4 is 4.90 Å². The van der Waals surface area contributed by atoms with Crippen molar-refractivity contribution in [1.82, 2.24) is 4.90 Å². The molecule has 2 saturated heterocycles. The van der Waals surface area contributed by atoms with Gasteiger partial charge in [-0.2, -0.15) is 13.2 Å². The predicted molar refractivity (Wildman–Crippen MR) is 79.3 cm³/mol. The monoisotopic (exact) mass is 342 g/mol. The summed E-state index contributed by atoms with van der Waals surface area (Å²) in [4.78, 5) is 27.8. The van der Waals surface area contributed by atoms with Gasteiger partial charge in [-0.05, 0) is 24.6 Å². The molecule has 3 rings (SSSR count). The van der Waals surface area contributed by atoms with E-state index >= 15 is 0 Å². The predicted octanol–water partition coefficient (Wildman–Crippen LogP) is 1.92. The third kappa shape index (κ3) is 3.24. The van der Waals surface area contributed by atoms with Crippen LogP contribution in [0.4, 0.5) is 18.9 Å². The van der Waals surface area contributed by atoms with Crippen LogP contribution >= 0.6 is 0 Å². The molecule has 2 aliphatic heterocycles. The maximum Gasteiger partial charge on any atom is 0.416 e. The summed E-state index contributed by atoms with van der Waals surface area (Å²) in [7, 11) is 0. The van der Waals surface area contributed by atoms with E-state index in [0.29, 0.717) is 32.7 Å². The summed E-state index contributed by atoms with van der Waals surface area (Å²) in [6, 6.07) is 4.62. The Bertz CT molecular complexity index is 642. The van der Waals surface area contributed by atoms with Gasteiger partial charge < -0.3 is 14.5 Å². The van der Waals surface area contributed by atoms with E-state index in [1.165, 1.54) is 17.0 Å². The van der Waals surface area contributed by atoms with Gasteiger partial charge in [0.15, 0.2) is 0 Å². The molecule has 130 valence electrons. The number of benzene rings is 1. The Kier molecular flexibility index (Phi) is 4.49. The molecule has 0 unspecified atom stereocenters. The minimum Gasteiger partial charge on any atom is -0.378 e. The lowest BCUT2D eigenvalue weighted by molar-refractivity contribution is -0.143. The SMILES string of the molecule is O=C([C@H]1CCN(c2cccc(C(F)(F)F)c2)C1=O)N1CCOCC1. The van der Waals surface area contributed by atoms with Gasteiger partial charge in [-0.3, -0.25) is 9.59 Å². The summed E-state index contributed by atoms with van der Waals surface area (Å²) in [5, 5.41) is 0. The summed E-state index contributed by atoms with van der Waals surface area (Å²) in [6.07, 6.45) is -4.16. The number of carbonyl (C=O) groups excluding carboxylic acids is 2. The van der Waals surface area contributed by atoms with E-state index in [2.05, 4.69) is 0 Å². The van der Waals surface area contributed by atoms with Crippen LogP contribution in [-0.2, 0) is 20.5 Å². The van der Waals surface area contributed by atoms with Crippen molar-refractivity contribution in [2.45, 2.75) is 12.6 Å². The van der Waals surface area contributed by atoms with Crippen LogP contribution in [0, 0.1) is 5.92 Å². The fraction of sp³-hybridized carbons (Fsp3) is 0.500. The number of nitrogens with zero attached hydrogens (tertiary/aromatic N) is 2. The molecular weight excluding hydrogens is 325 g/mol. The number of hydrogen-bond acceptors (Lipinski definition) is 3. The van der Waals surface area contributed by atoms with Crippen molar-refractivity contribution in [3.8, 4) is 0 Å². The average Bonchev–Trinajstić information content (AvgIpc) is 2.96. The van der Waals surface area contributed by atoms with E-state index in [4.69, 9.17) is 4.74 Å². The van der Waals surface area contributed by atoms with Crippen molar-refractivity contribution in [2.24, 2.45) is 5.92 Å². The Morgan fingerprint density at radius 3 is 2.54 bits per heavy atom. The highest BCUT2D eigenvalue weighted by atomic mass is 19.4. The van der Waals surface area contributed by atoms with Crippen molar-refractivity contribution in [1.29, 1.82) is 0 Å². The Hall–Kier alpha value is -2.09. The molecule has 2 heterocycles. The quantitative estimate of drug-likeness (QED) is 0.772. The number of anilines is 1. The molecule has 24 heavy (non-hydrogen) atoms. The third-order valence-electron chi connectivity index (χ3n) is 4.31. The minimum absolute atomic E-state index is 0.173. The summed E-state index contributed by atoms with van der Waals surface area (Å²) < 4.78 is 43.7. The number of alkyl halides is 3. The number of amides is 2. The number of carbonyl (C=O) groups is 2. The zero-order valence-corrected chi connectivity index (χ0v) is 12.9. The van der Waals surface area contributed by atoms with Crippen LogP contribution in [0.25, 0.3) is 0 Å². The smallest absolute Gasteiger partial charge is 0.378 e. The first kappa shape index (κ1) is 16.8. The maximum atomic E-state index is 12.8. The van der Waals surface area contributed by atoms with Gasteiger partial charge in [0.1, 0.15) is 5.92 Å². The number of morpholine rings is 1. The standard InChI is InChI=1S/C16H17F3N2O3/c17-16(18,19)11-2-1-3-12(10-11)21-5-4-13(15(21)23)14(22)20-6-8-24-9-7-20/h1-3,10,13H,4-9H2/t13-/m1/s1. The molecule has 1 atom stereocenters. The van der Waals surface area contributed by atoms with Gasteiger partial charge in [-0.25, -0.2) is 0 Å². The van der Waals surface area contributed by atoms with E-state index in [0.717, 1.165) is 12.1 Å². The van der Waals surface area contributed by atoms with Gasteiger partial charge in [0.05, 0.1) is 18.8 Å². The van der Waals surface area contributed by atoms with E-state index < -0.39 is 23.6 Å². The second-order valence-electron chi connectivity index (χ2n) is 5.82. The molecule has 1 aromatic rings. The first-order valence-electron chi connectivity index (χ1n) is 7.73. The highest BCUT2D eigenvalue weighted by Gasteiger charge is 2.40. The fourth-order valence-electron chi connectivity index (χ4n) is 3.02. The van der Waals surface area contributed by atoms with Crippen molar-refractivity contribution in [2.75, 3.05) is 37.7 Å². The van der Waals surface area contributed by atoms with Gasteiger partial charge >= 0.3 is 6.18 Å². The van der Waals surface area contributed by atoms with Crippen LogP contribution in [0.5, 0.6) is 0 Å². The summed E-state index contributed by atoms with van der Waals surface area (Å²) >= 11 is 0. The highest BCUT2D eigenvalue weighted by molar-refractivity contribution is 6.09.